The third-order valence-electron chi connectivity index (χ3n) is 1.48. The van der Waals surface area contributed by atoms with Gasteiger partial charge in [-0.05, 0) is 13.0 Å². The maximum Gasteiger partial charge on any atom is 0.164 e. The number of aromatic nitrogens is 2. The number of aryl methyl sites for hydroxylation is 1. The molecule has 3 nitrogen and oxygen atoms in total. The highest BCUT2D eigenvalue weighted by atomic mass is 32.1. The van der Waals surface area contributed by atoms with E-state index in [1.165, 1.54) is 4.88 Å². The Morgan fingerprint density at radius 1 is 1.55 bits per heavy atom. The number of thiophene rings is 1. The fraction of sp³-hybridized carbons (Fsp3) is 0.143. The molecule has 2 aromatic rings. The third kappa shape index (κ3) is 0.952. The molecule has 0 saturated heterocycles. The first kappa shape index (κ1) is 6.54. The quantitative estimate of drug-likeness (QED) is 0.644. The number of fused-ring (bicyclic) bond motifs is 1. The van der Waals surface area contributed by atoms with Crippen LogP contribution in [0.4, 0.5) is 5.82 Å². The van der Waals surface area contributed by atoms with Gasteiger partial charge in [0.2, 0.25) is 0 Å². The molecular formula is C7H7N3S. The Hall–Kier alpha value is -1.16. The standard InChI is InChI=1S/C7H7N3S/c1-4-2-5-3-9-10-7(8)6(5)11-4/h2-3H,1H3,(H2,8,10). The Morgan fingerprint density at radius 3 is 3.09 bits per heavy atom. The van der Waals surface area contributed by atoms with Gasteiger partial charge in [-0.15, -0.1) is 16.4 Å². The first-order valence-corrected chi connectivity index (χ1v) is 4.06. The second-order valence-corrected chi connectivity index (χ2v) is 3.63. The molecule has 0 spiro atoms. The summed E-state index contributed by atoms with van der Waals surface area (Å²) in [7, 11) is 0. The maximum absolute atomic E-state index is 5.61. The minimum atomic E-state index is 0.528. The van der Waals surface area contributed by atoms with Gasteiger partial charge in [0.15, 0.2) is 5.82 Å². The molecule has 0 saturated carbocycles. The third-order valence-corrected chi connectivity index (χ3v) is 2.57. The number of hydrogen-bond acceptors (Lipinski definition) is 4. The largest absolute Gasteiger partial charge is 0.381 e. The van der Waals surface area contributed by atoms with Crippen molar-refractivity contribution in [3.63, 3.8) is 0 Å². The topological polar surface area (TPSA) is 51.8 Å². The Bertz CT molecular complexity index is 393. The fourth-order valence-corrected chi connectivity index (χ4v) is 1.91. The number of nitrogen functional groups attached to an aromatic ring is 1. The van der Waals surface area contributed by atoms with Crippen LogP contribution in [0.1, 0.15) is 4.88 Å². The van der Waals surface area contributed by atoms with Crippen LogP contribution in [0.3, 0.4) is 0 Å². The predicted octanol–water partition coefficient (Wildman–Crippen LogP) is 1.58. The molecule has 0 unspecified atom stereocenters. The van der Waals surface area contributed by atoms with E-state index in [0.29, 0.717) is 5.82 Å². The molecule has 0 aliphatic carbocycles. The van der Waals surface area contributed by atoms with Gasteiger partial charge in [-0.1, -0.05) is 0 Å². The van der Waals surface area contributed by atoms with Gasteiger partial charge >= 0.3 is 0 Å². The van der Waals surface area contributed by atoms with E-state index in [9.17, 15) is 0 Å². The van der Waals surface area contributed by atoms with E-state index in [-0.39, 0.29) is 0 Å². The van der Waals surface area contributed by atoms with Crippen LogP contribution in [0, 0.1) is 6.92 Å². The van der Waals surface area contributed by atoms with Crippen molar-refractivity contribution in [1.29, 1.82) is 0 Å². The van der Waals surface area contributed by atoms with E-state index in [1.807, 2.05) is 6.92 Å². The van der Waals surface area contributed by atoms with Crippen molar-refractivity contribution in [3.8, 4) is 0 Å². The summed E-state index contributed by atoms with van der Waals surface area (Å²) in [6.07, 6.45) is 1.73. The molecule has 0 aliphatic heterocycles. The van der Waals surface area contributed by atoms with Gasteiger partial charge in [-0.3, -0.25) is 0 Å². The molecule has 2 rings (SSSR count). The highest BCUT2D eigenvalue weighted by Crippen LogP contribution is 2.26. The Kier molecular flexibility index (Phi) is 1.29. The van der Waals surface area contributed by atoms with Crippen LogP contribution in [-0.4, -0.2) is 10.2 Å². The maximum atomic E-state index is 5.61. The summed E-state index contributed by atoms with van der Waals surface area (Å²) in [6, 6.07) is 2.06. The smallest absolute Gasteiger partial charge is 0.164 e. The molecule has 0 aliphatic rings. The molecule has 0 bridgehead atoms. The lowest BCUT2D eigenvalue weighted by atomic mass is 10.3. The zero-order chi connectivity index (χ0) is 7.84. The zero-order valence-corrected chi connectivity index (χ0v) is 6.85. The average Bonchev–Trinajstić information content (AvgIpc) is 2.31. The lowest BCUT2D eigenvalue weighted by Crippen LogP contribution is -1.90. The first-order chi connectivity index (χ1) is 5.27. The van der Waals surface area contributed by atoms with Crippen molar-refractivity contribution in [2.75, 3.05) is 5.73 Å². The summed E-state index contributed by atoms with van der Waals surface area (Å²) in [5, 5.41) is 8.60. The van der Waals surface area contributed by atoms with E-state index in [1.54, 1.807) is 17.5 Å². The number of rotatable bonds is 0. The second kappa shape index (κ2) is 2.17. The number of anilines is 1. The molecule has 56 valence electrons. The molecule has 2 N–H and O–H groups in total. The molecule has 0 radical (unpaired) electrons. The summed E-state index contributed by atoms with van der Waals surface area (Å²) >= 11 is 1.65. The lowest BCUT2D eigenvalue weighted by Gasteiger charge is -1.89. The Morgan fingerprint density at radius 2 is 2.36 bits per heavy atom. The van der Waals surface area contributed by atoms with Crippen molar-refractivity contribution in [3.05, 3.63) is 17.1 Å². The number of nitrogens with two attached hydrogens (primary N) is 1. The van der Waals surface area contributed by atoms with Crippen molar-refractivity contribution in [2.45, 2.75) is 6.92 Å². The summed E-state index contributed by atoms with van der Waals surface area (Å²) < 4.78 is 1.04. The van der Waals surface area contributed by atoms with E-state index in [4.69, 9.17) is 5.73 Å². The number of hydrogen-bond donors (Lipinski definition) is 1. The van der Waals surface area contributed by atoms with Gasteiger partial charge in [0.25, 0.3) is 0 Å². The van der Waals surface area contributed by atoms with Gasteiger partial charge in [-0.25, -0.2) is 0 Å². The van der Waals surface area contributed by atoms with E-state index >= 15 is 0 Å². The van der Waals surface area contributed by atoms with Crippen molar-refractivity contribution < 1.29 is 0 Å². The van der Waals surface area contributed by atoms with Crippen LogP contribution in [0.5, 0.6) is 0 Å². The van der Waals surface area contributed by atoms with Crippen LogP contribution in [0.15, 0.2) is 12.3 Å². The summed E-state index contributed by atoms with van der Waals surface area (Å²) in [4.78, 5) is 1.24. The van der Waals surface area contributed by atoms with Crippen LogP contribution in [0.2, 0.25) is 0 Å². The van der Waals surface area contributed by atoms with Crippen molar-refractivity contribution in [2.24, 2.45) is 0 Å². The Balaban J connectivity index is 2.90. The lowest BCUT2D eigenvalue weighted by molar-refractivity contribution is 1.06. The molecular weight excluding hydrogens is 158 g/mol. The first-order valence-electron chi connectivity index (χ1n) is 3.24. The summed E-state index contributed by atoms with van der Waals surface area (Å²) in [5.41, 5.74) is 5.61. The molecule has 11 heavy (non-hydrogen) atoms. The van der Waals surface area contributed by atoms with E-state index in [0.717, 1.165) is 10.1 Å². The van der Waals surface area contributed by atoms with Gasteiger partial charge in [0, 0.05) is 10.3 Å². The molecule has 0 amide bonds. The highest BCUT2D eigenvalue weighted by molar-refractivity contribution is 7.19. The summed E-state index contributed by atoms with van der Waals surface area (Å²) in [6.45, 7) is 2.05. The molecule has 0 atom stereocenters. The van der Waals surface area contributed by atoms with E-state index < -0.39 is 0 Å². The van der Waals surface area contributed by atoms with E-state index in [2.05, 4.69) is 16.3 Å². The molecule has 2 heterocycles. The van der Waals surface area contributed by atoms with Crippen molar-refractivity contribution >= 4 is 27.2 Å². The average molecular weight is 165 g/mol. The predicted molar refractivity (Wildman–Crippen MR) is 46.6 cm³/mol. The van der Waals surface area contributed by atoms with Gasteiger partial charge in [0.05, 0.1) is 10.9 Å². The van der Waals surface area contributed by atoms with Gasteiger partial charge < -0.3 is 5.73 Å². The molecule has 0 aromatic carbocycles. The van der Waals surface area contributed by atoms with Crippen LogP contribution in [0.25, 0.3) is 10.1 Å². The van der Waals surface area contributed by atoms with Gasteiger partial charge in [0.1, 0.15) is 0 Å². The summed E-state index contributed by atoms with van der Waals surface area (Å²) in [5.74, 6) is 0.528. The molecule has 4 heteroatoms. The van der Waals surface area contributed by atoms with Crippen LogP contribution >= 0.6 is 11.3 Å². The molecule has 0 fully saturated rings. The number of nitrogens with zero attached hydrogens (tertiary/aromatic N) is 2. The van der Waals surface area contributed by atoms with Crippen LogP contribution in [-0.2, 0) is 0 Å². The van der Waals surface area contributed by atoms with Crippen LogP contribution < -0.4 is 5.73 Å². The van der Waals surface area contributed by atoms with Crippen molar-refractivity contribution in [1.82, 2.24) is 10.2 Å². The monoisotopic (exact) mass is 165 g/mol. The molecule has 2 aromatic heterocycles. The minimum absolute atomic E-state index is 0.528. The normalized spacial score (nSPS) is 10.6. The van der Waals surface area contributed by atoms with Gasteiger partial charge in [-0.2, -0.15) is 5.10 Å². The zero-order valence-electron chi connectivity index (χ0n) is 6.03. The minimum Gasteiger partial charge on any atom is -0.381 e. The SMILES string of the molecule is Cc1cc2cnnc(N)c2s1. The fourth-order valence-electron chi connectivity index (χ4n) is 1.03. The Labute approximate surface area is 67.9 Å². The second-order valence-electron chi connectivity index (χ2n) is 2.37. The highest BCUT2D eigenvalue weighted by Gasteiger charge is 2.01.